The molecule has 0 saturated heterocycles. The van der Waals surface area contributed by atoms with E-state index in [1.807, 2.05) is 7.05 Å². The Labute approximate surface area is 111 Å². The molecule has 0 spiro atoms. The molecule has 0 bridgehead atoms. The molecule has 0 fully saturated rings. The summed E-state index contributed by atoms with van der Waals surface area (Å²) in [5, 5.41) is 0. The minimum absolute atomic E-state index is 0.506. The van der Waals surface area contributed by atoms with Crippen LogP contribution in [-0.2, 0) is 6.54 Å². The number of hydrogen-bond donors (Lipinski definition) is 1. The van der Waals surface area contributed by atoms with Crippen LogP contribution < -0.4 is 10.6 Å². The SMILES string of the molecule is CSc1ccc(N(C)Cc2nccc(N)n2)cc1. The van der Waals surface area contributed by atoms with Crippen LogP contribution in [0, 0.1) is 0 Å². The number of thioether (sulfide) groups is 1. The van der Waals surface area contributed by atoms with Crippen LogP contribution >= 0.6 is 11.8 Å². The molecule has 1 aromatic heterocycles. The van der Waals surface area contributed by atoms with E-state index < -0.39 is 0 Å². The van der Waals surface area contributed by atoms with E-state index in [9.17, 15) is 0 Å². The van der Waals surface area contributed by atoms with Crippen molar-refractivity contribution in [2.45, 2.75) is 11.4 Å². The van der Waals surface area contributed by atoms with Crippen molar-refractivity contribution in [3.05, 3.63) is 42.4 Å². The molecule has 0 aliphatic rings. The zero-order chi connectivity index (χ0) is 13.0. The molecule has 0 atom stereocenters. The summed E-state index contributed by atoms with van der Waals surface area (Å²) in [5.74, 6) is 1.23. The third-order valence-electron chi connectivity index (χ3n) is 2.62. The van der Waals surface area contributed by atoms with Crippen LogP contribution in [0.15, 0.2) is 41.4 Å². The molecule has 0 saturated carbocycles. The van der Waals surface area contributed by atoms with Crippen molar-refractivity contribution in [3.8, 4) is 0 Å². The summed E-state index contributed by atoms with van der Waals surface area (Å²) in [6.45, 7) is 0.643. The van der Waals surface area contributed by atoms with Gasteiger partial charge < -0.3 is 10.6 Å². The molecule has 2 rings (SSSR count). The summed E-state index contributed by atoms with van der Waals surface area (Å²) in [7, 11) is 2.01. The highest BCUT2D eigenvalue weighted by Crippen LogP contribution is 2.20. The highest BCUT2D eigenvalue weighted by molar-refractivity contribution is 7.98. The third kappa shape index (κ3) is 3.13. The quantitative estimate of drug-likeness (QED) is 0.856. The van der Waals surface area contributed by atoms with Crippen LogP contribution in [0.1, 0.15) is 5.82 Å². The van der Waals surface area contributed by atoms with Crippen molar-refractivity contribution in [1.29, 1.82) is 0 Å². The number of benzene rings is 1. The molecule has 1 heterocycles. The smallest absolute Gasteiger partial charge is 0.149 e. The van der Waals surface area contributed by atoms with Gasteiger partial charge in [0.1, 0.15) is 11.6 Å². The van der Waals surface area contributed by atoms with Gasteiger partial charge in [0, 0.05) is 23.8 Å². The predicted octanol–water partition coefficient (Wildman–Crippen LogP) is 2.42. The number of hydrogen-bond acceptors (Lipinski definition) is 5. The fraction of sp³-hybridized carbons (Fsp3) is 0.231. The van der Waals surface area contributed by atoms with E-state index in [2.05, 4.69) is 45.4 Å². The maximum absolute atomic E-state index is 5.64. The van der Waals surface area contributed by atoms with E-state index in [0.717, 1.165) is 11.5 Å². The van der Waals surface area contributed by atoms with E-state index in [0.29, 0.717) is 12.4 Å². The van der Waals surface area contributed by atoms with E-state index in [4.69, 9.17) is 5.73 Å². The molecule has 0 aliphatic heterocycles. The van der Waals surface area contributed by atoms with Gasteiger partial charge in [-0.15, -0.1) is 11.8 Å². The van der Waals surface area contributed by atoms with E-state index in [1.165, 1.54) is 4.90 Å². The summed E-state index contributed by atoms with van der Waals surface area (Å²) >= 11 is 1.74. The number of nitrogen functional groups attached to an aromatic ring is 1. The number of aromatic nitrogens is 2. The van der Waals surface area contributed by atoms with Crippen molar-refractivity contribution >= 4 is 23.3 Å². The molecule has 18 heavy (non-hydrogen) atoms. The average Bonchev–Trinajstić information content (AvgIpc) is 2.39. The lowest BCUT2D eigenvalue weighted by Gasteiger charge is -2.18. The normalized spacial score (nSPS) is 10.3. The van der Waals surface area contributed by atoms with Gasteiger partial charge in [0.2, 0.25) is 0 Å². The Morgan fingerprint density at radius 2 is 1.94 bits per heavy atom. The molecular weight excluding hydrogens is 244 g/mol. The molecule has 5 heteroatoms. The van der Waals surface area contributed by atoms with Crippen molar-refractivity contribution < 1.29 is 0 Å². The zero-order valence-corrected chi connectivity index (χ0v) is 11.3. The first-order chi connectivity index (χ1) is 8.69. The Kier molecular flexibility index (Phi) is 4.04. The van der Waals surface area contributed by atoms with Crippen LogP contribution in [0.25, 0.3) is 0 Å². The topological polar surface area (TPSA) is 55.0 Å². The molecule has 94 valence electrons. The minimum atomic E-state index is 0.506. The highest BCUT2D eigenvalue weighted by atomic mass is 32.2. The van der Waals surface area contributed by atoms with E-state index >= 15 is 0 Å². The Morgan fingerprint density at radius 1 is 1.22 bits per heavy atom. The minimum Gasteiger partial charge on any atom is -0.384 e. The van der Waals surface area contributed by atoms with Gasteiger partial charge in [0.15, 0.2) is 0 Å². The van der Waals surface area contributed by atoms with Gasteiger partial charge in [-0.3, -0.25) is 0 Å². The van der Waals surface area contributed by atoms with E-state index in [-0.39, 0.29) is 0 Å². The summed E-state index contributed by atoms with van der Waals surface area (Å²) in [6.07, 6.45) is 3.75. The van der Waals surface area contributed by atoms with Gasteiger partial charge in [-0.25, -0.2) is 9.97 Å². The average molecular weight is 260 g/mol. The maximum Gasteiger partial charge on any atom is 0.149 e. The van der Waals surface area contributed by atoms with E-state index in [1.54, 1.807) is 24.0 Å². The van der Waals surface area contributed by atoms with Gasteiger partial charge in [-0.2, -0.15) is 0 Å². The second-order valence-corrected chi connectivity index (χ2v) is 4.83. The van der Waals surface area contributed by atoms with Crippen molar-refractivity contribution in [2.24, 2.45) is 0 Å². The predicted molar refractivity (Wildman–Crippen MR) is 76.8 cm³/mol. The van der Waals surface area contributed by atoms with Crippen LogP contribution in [0.3, 0.4) is 0 Å². The monoisotopic (exact) mass is 260 g/mol. The highest BCUT2D eigenvalue weighted by Gasteiger charge is 2.04. The van der Waals surface area contributed by atoms with Crippen LogP contribution in [0.4, 0.5) is 11.5 Å². The second kappa shape index (κ2) is 5.73. The van der Waals surface area contributed by atoms with Crippen LogP contribution in [0.5, 0.6) is 0 Å². The molecule has 0 radical (unpaired) electrons. The summed E-state index contributed by atoms with van der Waals surface area (Å²) in [6, 6.07) is 10.1. The fourth-order valence-electron chi connectivity index (χ4n) is 1.63. The fourth-order valence-corrected chi connectivity index (χ4v) is 2.04. The zero-order valence-electron chi connectivity index (χ0n) is 10.5. The van der Waals surface area contributed by atoms with Gasteiger partial charge in [0.05, 0.1) is 6.54 Å². The maximum atomic E-state index is 5.64. The first-order valence-corrected chi connectivity index (χ1v) is 6.84. The molecule has 0 amide bonds. The first-order valence-electron chi connectivity index (χ1n) is 5.61. The number of nitrogens with two attached hydrogens (primary N) is 1. The molecule has 4 nitrogen and oxygen atoms in total. The van der Waals surface area contributed by atoms with Crippen molar-refractivity contribution in [2.75, 3.05) is 23.9 Å². The number of rotatable bonds is 4. The van der Waals surface area contributed by atoms with Gasteiger partial charge in [0.25, 0.3) is 0 Å². The summed E-state index contributed by atoms with van der Waals surface area (Å²) in [5.41, 5.74) is 6.78. The molecule has 2 aromatic rings. The van der Waals surface area contributed by atoms with Gasteiger partial charge in [-0.1, -0.05) is 0 Å². The molecule has 2 N–H and O–H groups in total. The Hall–Kier alpha value is -1.75. The Bertz CT molecular complexity index is 513. The van der Waals surface area contributed by atoms with Gasteiger partial charge in [-0.05, 0) is 36.6 Å². The van der Waals surface area contributed by atoms with Crippen molar-refractivity contribution in [1.82, 2.24) is 9.97 Å². The van der Waals surface area contributed by atoms with Crippen LogP contribution in [-0.4, -0.2) is 23.3 Å². The van der Waals surface area contributed by atoms with Gasteiger partial charge >= 0.3 is 0 Å². The molecule has 0 unspecified atom stereocenters. The lowest BCUT2D eigenvalue weighted by molar-refractivity contribution is 0.840. The molecule has 0 aliphatic carbocycles. The number of anilines is 2. The van der Waals surface area contributed by atoms with Crippen LogP contribution in [0.2, 0.25) is 0 Å². The third-order valence-corrected chi connectivity index (χ3v) is 3.36. The standard InChI is InChI=1S/C13H16N4S/c1-17(9-13-15-8-7-12(14)16-13)10-3-5-11(18-2)6-4-10/h3-8H,9H2,1-2H3,(H2,14,15,16). The Balaban J connectivity index is 2.09. The largest absolute Gasteiger partial charge is 0.384 e. The lowest BCUT2D eigenvalue weighted by Crippen LogP contribution is -2.18. The second-order valence-electron chi connectivity index (χ2n) is 3.95. The lowest BCUT2D eigenvalue weighted by atomic mass is 10.3. The Morgan fingerprint density at radius 3 is 2.56 bits per heavy atom. The number of nitrogens with zero attached hydrogens (tertiary/aromatic N) is 3. The summed E-state index contributed by atoms with van der Waals surface area (Å²) in [4.78, 5) is 11.7. The molecule has 1 aromatic carbocycles. The van der Waals surface area contributed by atoms with Crippen molar-refractivity contribution in [3.63, 3.8) is 0 Å². The summed E-state index contributed by atoms with van der Waals surface area (Å²) < 4.78 is 0. The molecular formula is C13H16N4S. The first kappa shape index (κ1) is 12.7.